The van der Waals surface area contributed by atoms with Crippen molar-refractivity contribution in [3.05, 3.63) is 53.5 Å². The molecule has 6 heteroatoms. The molecule has 3 heterocycles. The van der Waals surface area contributed by atoms with Crippen LogP contribution in [0.1, 0.15) is 40.6 Å². The maximum Gasteiger partial charge on any atom is 0.256 e. The molecule has 6 nitrogen and oxygen atoms in total. The Balaban J connectivity index is 1.63. The number of aromatic amines is 1. The minimum Gasteiger partial charge on any atom is -0.481 e. The highest BCUT2D eigenvalue weighted by Crippen LogP contribution is 2.32. The number of nitrogens with one attached hydrogen (secondary N) is 1. The van der Waals surface area contributed by atoms with Crippen LogP contribution in [0, 0.1) is 6.92 Å². The monoisotopic (exact) mass is 336 g/mol. The van der Waals surface area contributed by atoms with Crippen molar-refractivity contribution in [2.75, 3.05) is 13.7 Å². The molecule has 1 unspecified atom stereocenters. The van der Waals surface area contributed by atoms with E-state index in [0.717, 1.165) is 36.2 Å². The fourth-order valence-electron chi connectivity index (χ4n) is 3.39. The molecule has 1 aromatic carbocycles. The summed E-state index contributed by atoms with van der Waals surface area (Å²) in [5, 5.41) is 0. The number of aromatic nitrogens is 3. The molecule has 1 fully saturated rings. The van der Waals surface area contributed by atoms with Crippen molar-refractivity contribution in [1.29, 1.82) is 0 Å². The molecule has 0 spiro atoms. The zero-order valence-electron chi connectivity index (χ0n) is 14.3. The molecule has 1 N–H and O–H groups in total. The van der Waals surface area contributed by atoms with Crippen molar-refractivity contribution in [3.63, 3.8) is 0 Å². The van der Waals surface area contributed by atoms with E-state index in [0.29, 0.717) is 11.4 Å². The van der Waals surface area contributed by atoms with Crippen LogP contribution < -0.4 is 4.74 Å². The first-order valence-corrected chi connectivity index (χ1v) is 8.43. The van der Waals surface area contributed by atoms with E-state index >= 15 is 0 Å². The maximum atomic E-state index is 12.9. The Morgan fingerprint density at radius 1 is 1.32 bits per heavy atom. The van der Waals surface area contributed by atoms with Gasteiger partial charge in [0.15, 0.2) is 0 Å². The number of fused-ring (bicyclic) bond motifs is 1. The summed E-state index contributed by atoms with van der Waals surface area (Å²) in [4.78, 5) is 27.0. The Morgan fingerprint density at radius 3 is 2.96 bits per heavy atom. The maximum absolute atomic E-state index is 12.9. The lowest BCUT2D eigenvalue weighted by Crippen LogP contribution is -2.31. The number of carbonyl (C=O) groups excluding carboxylic acids is 1. The Bertz CT molecular complexity index is 917. The van der Waals surface area contributed by atoms with Gasteiger partial charge in [-0.15, -0.1) is 0 Å². The quantitative estimate of drug-likeness (QED) is 0.797. The van der Waals surface area contributed by atoms with Crippen molar-refractivity contribution in [1.82, 2.24) is 19.9 Å². The third-order valence-electron chi connectivity index (χ3n) is 4.68. The topological polar surface area (TPSA) is 71.1 Å². The van der Waals surface area contributed by atoms with E-state index in [1.807, 2.05) is 17.0 Å². The Hall–Kier alpha value is -2.89. The van der Waals surface area contributed by atoms with Crippen molar-refractivity contribution in [2.24, 2.45) is 0 Å². The lowest BCUT2D eigenvalue weighted by molar-refractivity contribution is 0.0730. The number of benzene rings is 1. The third kappa shape index (κ3) is 2.84. The lowest BCUT2D eigenvalue weighted by atomic mass is 10.2. The van der Waals surface area contributed by atoms with E-state index < -0.39 is 0 Å². The van der Waals surface area contributed by atoms with Crippen LogP contribution >= 0.6 is 0 Å². The van der Waals surface area contributed by atoms with Crippen LogP contribution in [-0.2, 0) is 0 Å². The fourth-order valence-corrected chi connectivity index (χ4v) is 3.39. The van der Waals surface area contributed by atoms with Gasteiger partial charge in [0, 0.05) is 18.8 Å². The summed E-state index contributed by atoms with van der Waals surface area (Å²) in [6, 6.07) is 9.59. The predicted molar refractivity (Wildman–Crippen MR) is 94.6 cm³/mol. The molecule has 2 aromatic heterocycles. The highest BCUT2D eigenvalue weighted by molar-refractivity contribution is 5.94. The number of amides is 1. The summed E-state index contributed by atoms with van der Waals surface area (Å²) in [6.07, 6.45) is 3.45. The highest BCUT2D eigenvalue weighted by Gasteiger charge is 2.32. The minimum atomic E-state index is -0.0256. The molecule has 1 aliphatic heterocycles. The molecular weight excluding hydrogens is 316 g/mol. The number of aryl methyl sites for hydroxylation is 1. The van der Waals surface area contributed by atoms with Gasteiger partial charge in [-0.3, -0.25) is 4.79 Å². The van der Waals surface area contributed by atoms with Gasteiger partial charge in [-0.05, 0) is 43.5 Å². The molecule has 25 heavy (non-hydrogen) atoms. The normalized spacial score (nSPS) is 17.2. The fraction of sp³-hybridized carbons (Fsp3) is 0.316. The number of methoxy groups -OCH3 is 1. The standard InChI is InChI=1S/C19H20N4O2/c1-12-5-7-14-15(10-12)22-18(21-14)16-4-3-9-23(16)19(24)13-6-8-17(25-2)20-11-13/h5-8,10-11,16H,3-4,9H2,1-2H3,(H,21,22). The van der Waals surface area contributed by atoms with Gasteiger partial charge >= 0.3 is 0 Å². The number of hydrogen-bond donors (Lipinski definition) is 1. The van der Waals surface area contributed by atoms with E-state index in [1.54, 1.807) is 25.4 Å². The van der Waals surface area contributed by atoms with Crippen LogP contribution in [0.15, 0.2) is 36.5 Å². The number of likely N-dealkylation sites (tertiary alicyclic amines) is 1. The van der Waals surface area contributed by atoms with Crippen LogP contribution in [0.25, 0.3) is 11.0 Å². The van der Waals surface area contributed by atoms with Gasteiger partial charge in [0.05, 0.1) is 29.7 Å². The molecule has 1 amide bonds. The van der Waals surface area contributed by atoms with Crippen LogP contribution in [-0.4, -0.2) is 39.4 Å². The van der Waals surface area contributed by atoms with Gasteiger partial charge in [-0.1, -0.05) is 6.07 Å². The van der Waals surface area contributed by atoms with Gasteiger partial charge in [0.1, 0.15) is 5.82 Å². The number of H-pyrrole nitrogens is 1. The number of ether oxygens (including phenoxy) is 1. The summed E-state index contributed by atoms with van der Waals surface area (Å²) in [5.74, 6) is 1.34. The van der Waals surface area contributed by atoms with Crippen molar-refractivity contribution < 1.29 is 9.53 Å². The molecule has 0 radical (unpaired) electrons. The van der Waals surface area contributed by atoms with Gasteiger partial charge in [0.25, 0.3) is 5.91 Å². The van der Waals surface area contributed by atoms with Gasteiger partial charge in [-0.2, -0.15) is 0 Å². The molecular formula is C19H20N4O2. The zero-order valence-corrected chi connectivity index (χ0v) is 14.3. The van der Waals surface area contributed by atoms with Crippen LogP contribution in [0.2, 0.25) is 0 Å². The van der Waals surface area contributed by atoms with E-state index in [2.05, 4.69) is 23.0 Å². The summed E-state index contributed by atoms with van der Waals surface area (Å²) in [6.45, 7) is 2.79. The molecule has 3 aromatic rings. The second kappa shape index (κ2) is 6.20. The average Bonchev–Trinajstić information content (AvgIpc) is 3.27. The smallest absolute Gasteiger partial charge is 0.256 e. The number of hydrogen-bond acceptors (Lipinski definition) is 4. The second-order valence-corrected chi connectivity index (χ2v) is 6.39. The largest absolute Gasteiger partial charge is 0.481 e. The minimum absolute atomic E-state index is 0.0192. The number of carbonyl (C=O) groups is 1. The molecule has 1 aliphatic rings. The second-order valence-electron chi connectivity index (χ2n) is 6.39. The molecule has 4 rings (SSSR count). The lowest BCUT2D eigenvalue weighted by Gasteiger charge is -2.23. The van der Waals surface area contributed by atoms with E-state index in [4.69, 9.17) is 9.72 Å². The highest BCUT2D eigenvalue weighted by atomic mass is 16.5. The van der Waals surface area contributed by atoms with Crippen LogP contribution in [0.4, 0.5) is 0 Å². The first-order valence-electron chi connectivity index (χ1n) is 8.43. The average molecular weight is 336 g/mol. The Kier molecular flexibility index (Phi) is 3.87. The Morgan fingerprint density at radius 2 is 2.20 bits per heavy atom. The first-order chi connectivity index (χ1) is 12.2. The number of nitrogens with zero attached hydrogens (tertiary/aromatic N) is 3. The first kappa shape index (κ1) is 15.6. The van der Waals surface area contributed by atoms with Crippen LogP contribution in [0.5, 0.6) is 5.88 Å². The van der Waals surface area contributed by atoms with Crippen molar-refractivity contribution >= 4 is 16.9 Å². The summed E-state index contributed by atoms with van der Waals surface area (Å²) < 4.78 is 5.06. The van der Waals surface area contributed by atoms with Gasteiger partial charge < -0.3 is 14.6 Å². The Labute approximate surface area is 145 Å². The molecule has 0 aliphatic carbocycles. The molecule has 0 bridgehead atoms. The summed E-state index contributed by atoms with van der Waals surface area (Å²) in [5.41, 5.74) is 3.71. The third-order valence-corrected chi connectivity index (χ3v) is 4.68. The summed E-state index contributed by atoms with van der Waals surface area (Å²) in [7, 11) is 1.56. The zero-order chi connectivity index (χ0) is 17.4. The molecule has 1 saturated heterocycles. The predicted octanol–water partition coefficient (Wildman–Crippen LogP) is 3.25. The van der Waals surface area contributed by atoms with Crippen molar-refractivity contribution in [2.45, 2.75) is 25.8 Å². The summed E-state index contributed by atoms with van der Waals surface area (Å²) >= 11 is 0. The van der Waals surface area contributed by atoms with Gasteiger partial charge in [0.2, 0.25) is 5.88 Å². The van der Waals surface area contributed by atoms with Crippen molar-refractivity contribution in [3.8, 4) is 5.88 Å². The van der Waals surface area contributed by atoms with E-state index in [1.165, 1.54) is 5.56 Å². The number of pyridine rings is 1. The van der Waals surface area contributed by atoms with E-state index in [9.17, 15) is 4.79 Å². The molecule has 1 atom stereocenters. The number of rotatable bonds is 3. The number of imidazole rings is 1. The molecule has 128 valence electrons. The molecule has 0 saturated carbocycles. The van der Waals surface area contributed by atoms with Gasteiger partial charge in [-0.25, -0.2) is 9.97 Å². The van der Waals surface area contributed by atoms with Crippen LogP contribution in [0.3, 0.4) is 0 Å². The van der Waals surface area contributed by atoms with E-state index in [-0.39, 0.29) is 11.9 Å². The SMILES string of the molecule is COc1ccc(C(=O)N2CCCC2c2nc3ccc(C)cc3[nH]2)cn1.